The molecule has 2 rings (SSSR count). The number of carbonyl (C=O) groups excluding carboxylic acids is 2. The van der Waals surface area contributed by atoms with E-state index in [0.717, 1.165) is 12.8 Å². The normalized spacial score (nSPS) is 11.7. The molecular formula is C19H24N2O3. The van der Waals surface area contributed by atoms with Gasteiger partial charge in [-0.15, -0.1) is 0 Å². The third-order valence-electron chi connectivity index (χ3n) is 3.73. The maximum Gasteiger partial charge on any atom is 0.286 e. The summed E-state index contributed by atoms with van der Waals surface area (Å²) in [6.07, 6.45) is 4.31. The lowest BCUT2D eigenvalue weighted by Crippen LogP contribution is -2.33. The van der Waals surface area contributed by atoms with Crippen molar-refractivity contribution in [3.8, 4) is 0 Å². The molecule has 128 valence electrons. The highest BCUT2D eigenvalue weighted by molar-refractivity contribution is 5.91. The summed E-state index contributed by atoms with van der Waals surface area (Å²) in [4.78, 5) is 23.5. The van der Waals surface area contributed by atoms with E-state index in [-0.39, 0.29) is 23.6 Å². The first-order valence-corrected chi connectivity index (χ1v) is 8.30. The molecule has 1 atom stereocenters. The molecule has 1 aromatic carbocycles. The van der Waals surface area contributed by atoms with Crippen LogP contribution in [0, 0.1) is 0 Å². The molecule has 0 radical (unpaired) electrons. The number of benzene rings is 1. The zero-order chi connectivity index (χ0) is 17.2. The smallest absolute Gasteiger partial charge is 0.286 e. The zero-order valence-electron chi connectivity index (χ0n) is 14.0. The van der Waals surface area contributed by atoms with Gasteiger partial charge in [-0.2, -0.15) is 0 Å². The molecule has 0 saturated heterocycles. The summed E-state index contributed by atoms with van der Waals surface area (Å²) >= 11 is 0. The van der Waals surface area contributed by atoms with Crippen molar-refractivity contribution in [2.45, 2.75) is 38.6 Å². The van der Waals surface area contributed by atoms with Gasteiger partial charge in [0.2, 0.25) is 5.91 Å². The Morgan fingerprint density at radius 3 is 2.62 bits per heavy atom. The number of furan rings is 1. The maximum atomic E-state index is 11.9. The summed E-state index contributed by atoms with van der Waals surface area (Å²) in [5.74, 6) is 0.0495. The van der Waals surface area contributed by atoms with Crippen LogP contribution in [0.25, 0.3) is 0 Å². The molecule has 2 N–H and O–H groups in total. The summed E-state index contributed by atoms with van der Waals surface area (Å²) in [6.45, 7) is 2.46. The molecule has 5 heteroatoms. The lowest BCUT2D eigenvalue weighted by Gasteiger charge is -2.14. The minimum atomic E-state index is -0.253. The molecular weight excluding hydrogens is 304 g/mol. The van der Waals surface area contributed by atoms with Gasteiger partial charge in [0.25, 0.3) is 5.91 Å². The van der Waals surface area contributed by atoms with Gasteiger partial charge >= 0.3 is 0 Å². The molecule has 0 aliphatic rings. The van der Waals surface area contributed by atoms with Crippen LogP contribution >= 0.6 is 0 Å². The van der Waals surface area contributed by atoms with Crippen molar-refractivity contribution >= 4 is 11.8 Å². The molecule has 0 saturated carbocycles. The van der Waals surface area contributed by atoms with Crippen molar-refractivity contribution in [1.82, 2.24) is 10.6 Å². The summed E-state index contributed by atoms with van der Waals surface area (Å²) in [7, 11) is 0. The quantitative estimate of drug-likeness (QED) is 0.695. The molecule has 5 nitrogen and oxygen atoms in total. The average molecular weight is 328 g/mol. The topological polar surface area (TPSA) is 71.3 Å². The van der Waals surface area contributed by atoms with E-state index in [1.54, 1.807) is 12.1 Å². The number of hydrogen-bond donors (Lipinski definition) is 2. The highest BCUT2D eigenvalue weighted by Gasteiger charge is 2.09. The van der Waals surface area contributed by atoms with E-state index in [4.69, 9.17) is 4.42 Å². The number of rotatable bonds is 9. The van der Waals surface area contributed by atoms with Gasteiger partial charge in [-0.25, -0.2) is 0 Å². The van der Waals surface area contributed by atoms with Crippen molar-refractivity contribution in [3.05, 3.63) is 60.1 Å². The van der Waals surface area contributed by atoms with Crippen LogP contribution in [-0.2, 0) is 11.2 Å². The lowest BCUT2D eigenvalue weighted by atomic mass is 10.1. The first kappa shape index (κ1) is 17.8. The van der Waals surface area contributed by atoms with Crippen LogP contribution < -0.4 is 10.6 Å². The number of aryl methyl sites for hydroxylation is 1. The van der Waals surface area contributed by atoms with E-state index in [2.05, 4.69) is 22.8 Å². The Morgan fingerprint density at radius 1 is 1.12 bits per heavy atom. The molecule has 2 aromatic rings. The third kappa shape index (κ3) is 6.28. The van der Waals surface area contributed by atoms with Gasteiger partial charge < -0.3 is 15.1 Å². The largest absolute Gasteiger partial charge is 0.459 e. The van der Waals surface area contributed by atoms with Gasteiger partial charge in [0.1, 0.15) is 0 Å². The summed E-state index contributed by atoms with van der Waals surface area (Å²) in [5.41, 5.74) is 1.28. The van der Waals surface area contributed by atoms with Crippen molar-refractivity contribution in [2.24, 2.45) is 0 Å². The zero-order valence-corrected chi connectivity index (χ0v) is 14.0. The standard InChI is InChI=1S/C19H24N2O3/c1-15(11-12-16-7-3-2-4-8-16)21-18(22)10-5-13-20-19(23)17-9-6-14-24-17/h2-4,6-9,14-15H,5,10-13H2,1H3,(H,20,23)(H,21,22). The SMILES string of the molecule is CC(CCc1ccccc1)NC(=O)CCCNC(=O)c1ccco1. The van der Waals surface area contributed by atoms with Crippen LogP contribution in [0.3, 0.4) is 0 Å². The van der Waals surface area contributed by atoms with E-state index in [0.29, 0.717) is 19.4 Å². The van der Waals surface area contributed by atoms with E-state index < -0.39 is 0 Å². The molecule has 0 aliphatic heterocycles. The number of hydrogen-bond acceptors (Lipinski definition) is 3. The van der Waals surface area contributed by atoms with Gasteiger partial charge in [-0.3, -0.25) is 9.59 Å². The fraction of sp³-hybridized carbons (Fsp3) is 0.368. The monoisotopic (exact) mass is 328 g/mol. The Kier molecular flexibility index (Phi) is 7.08. The van der Waals surface area contributed by atoms with Crippen LogP contribution in [0.4, 0.5) is 0 Å². The van der Waals surface area contributed by atoms with Crippen molar-refractivity contribution in [2.75, 3.05) is 6.54 Å². The second-order valence-corrected chi connectivity index (χ2v) is 5.83. The summed E-state index contributed by atoms with van der Waals surface area (Å²) < 4.78 is 5.00. The average Bonchev–Trinajstić information content (AvgIpc) is 3.12. The van der Waals surface area contributed by atoms with E-state index in [1.165, 1.54) is 11.8 Å². The fourth-order valence-corrected chi connectivity index (χ4v) is 2.39. The molecule has 1 heterocycles. The van der Waals surface area contributed by atoms with E-state index in [9.17, 15) is 9.59 Å². The number of carbonyl (C=O) groups is 2. The molecule has 24 heavy (non-hydrogen) atoms. The number of nitrogens with one attached hydrogen (secondary N) is 2. The van der Waals surface area contributed by atoms with Crippen molar-refractivity contribution < 1.29 is 14.0 Å². The maximum absolute atomic E-state index is 11.9. The predicted octanol–water partition coefficient (Wildman–Crippen LogP) is 2.93. The van der Waals surface area contributed by atoms with Gasteiger partial charge in [0.05, 0.1) is 6.26 Å². The fourth-order valence-electron chi connectivity index (χ4n) is 2.39. The van der Waals surface area contributed by atoms with Crippen molar-refractivity contribution in [3.63, 3.8) is 0 Å². The molecule has 0 bridgehead atoms. The Hall–Kier alpha value is -2.56. The van der Waals surface area contributed by atoms with Crippen LogP contribution in [0.1, 0.15) is 42.3 Å². The van der Waals surface area contributed by atoms with Gasteiger partial charge in [-0.05, 0) is 43.9 Å². The van der Waals surface area contributed by atoms with E-state index in [1.807, 2.05) is 25.1 Å². The van der Waals surface area contributed by atoms with Gasteiger partial charge in [-0.1, -0.05) is 30.3 Å². The minimum Gasteiger partial charge on any atom is -0.459 e. The number of amides is 2. The summed E-state index contributed by atoms with van der Waals surface area (Å²) in [5, 5.41) is 5.72. The van der Waals surface area contributed by atoms with Crippen LogP contribution in [-0.4, -0.2) is 24.4 Å². The van der Waals surface area contributed by atoms with Crippen molar-refractivity contribution in [1.29, 1.82) is 0 Å². The second kappa shape index (κ2) is 9.55. The minimum absolute atomic E-state index is 0.0165. The summed E-state index contributed by atoms with van der Waals surface area (Å²) in [6, 6.07) is 13.6. The highest BCUT2D eigenvalue weighted by atomic mass is 16.3. The molecule has 1 unspecified atom stereocenters. The predicted molar refractivity (Wildman–Crippen MR) is 92.6 cm³/mol. The first-order chi connectivity index (χ1) is 11.6. The lowest BCUT2D eigenvalue weighted by molar-refractivity contribution is -0.121. The Bertz CT molecular complexity index is 623. The Morgan fingerprint density at radius 2 is 1.92 bits per heavy atom. The molecule has 2 amide bonds. The van der Waals surface area contributed by atoms with Crippen LogP contribution in [0.15, 0.2) is 53.1 Å². The Labute approximate surface area is 142 Å². The van der Waals surface area contributed by atoms with Gasteiger partial charge in [0.15, 0.2) is 5.76 Å². The van der Waals surface area contributed by atoms with Gasteiger partial charge in [0, 0.05) is 19.0 Å². The third-order valence-corrected chi connectivity index (χ3v) is 3.73. The Balaban J connectivity index is 1.56. The van der Waals surface area contributed by atoms with Crippen LogP contribution in [0.2, 0.25) is 0 Å². The molecule has 1 aromatic heterocycles. The highest BCUT2D eigenvalue weighted by Crippen LogP contribution is 2.05. The molecule has 0 aliphatic carbocycles. The molecule has 0 fully saturated rings. The van der Waals surface area contributed by atoms with Crippen LogP contribution in [0.5, 0.6) is 0 Å². The van der Waals surface area contributed by atoms with E-state index >= 15 is 0 Å². The first-order valence-electron chi connectivity index (χ1n) is 8.30. The second-order valence-electron chi connectivity index (χ2n) is 5.83. The molecule has 0 spiro atoms.